The molecule has 0 fully saturated rings. The summed E-state index contributed by atoms with van der Waals surface area (Å²) in [6, 6.07) is -1.96. The maximum Gasteiger partial charge on any atom is 0.306 e. The lowest BCUT2D eigenvalue weighted by Crippen LogP contribution is -2.36. The summed E-state index contributed by atoms with van der Waals surface area (Å²) in [5.41, 5.74) is 0. The van der Waals surface area contributed by atoms with E-state index >= 15 is 0 Å². The second-order valence-electron chi connectivity index (χ2n) is 3.44. The van der Waals surface area contributed by atoms with E-state index in [2.05, 4.69) is 5.32 Å². The summed E-state index contributed by atoms with van der Waals surface area (Å²) in [6.07, 6.45) is -11.5. The first kappa shape index (κ1) is 16.4. The molecule has 0 aliphatic carbocycles. The van der Waals surface area contributed by atoms with E-state index < -0.39 is 43.6 Å². The molecule has 0 unspecified atom stereocenters. The Labute approximate surface area is 92.2 Å². The lowest BCUT2D eigenvalue weighted by Gasteiger charge is -2.33. The molecule has 0 amide bonds. The van der Waals surface area contributed by atoms with E-state index in [1.54, 1.807) is 0 Å². The van der Waals surface area contributed by atoms with Gasteiger partial charge < -0.3 is 5.32 Å². The molecule has 0 aromatic carbocycles. The predicted octanol–water partition coefficient (Wildman–Crippen LogP) is 3.94. The number of halogens is 8. The van der Waals surface area contributed by atoms with Gasteiger partial charge in [-0.05, 0) is 0 Å². The highest BCUT2D eigenvalue weighted by Gasteiger charge is 2.45. The third kappa shape index (κ3) is 5.05. The van der Waals surface area contributed by atoms with E-state index in [-0.39, 0.29) is 0 Å². The van der Waals surface area contributed by atoms with Gasteiger partial charge in [-0.25, -0.2) is 35.1 Å². The van der Waals surface area contributed by atoms with Crippen LogP contribution in [0.3, 0.4) is 0 Å². The minimum Gasteiger partial charge on any atom is -0.662 e. The van der Waals surface area contributed by atoms with Crippen LogP contribution in [0.2, 0.25) is 0 Å². The molecule has 0 atom stereocenters. The first-order valence-electron chi connectivity index (χ1n) is 4.44. The summed E-state index contributed by atoms with van der Waals surface area (Å²) in [6.45, 7) is 0. The van der Waals surface area contributed by atoms with Gasteiger partial charge in [-0.15, -0.1) is 6.04 Å². The Balaban J connectivity index is 4.56. The molecular weight excluding hydrogens is 262 g/mol. The summed E-state index contributed by atoms with van der Waals surface area (Å²) in [5, 5.41) is 3.00. The molecule has 0 aromatic rings. The zero-order valence-electron chi connectivity index (χ0n) is 8.62. The Bertz CT molecular complexity index is 208. The highest BCUT2D eigenvalue weighted by Crippen LogP contribution is 2.36. The van der Waals surface area contributed by atoms with Crippen LogP contribution in [-0.2, 0) is 0 Å². The summed E-state index contributed by atoms with van der Waals surface area (Å²) in [5.74, 6) is -9.05. The smallest absolute Gasteiger partial charge is 0.306 e. The Morgan fingerprint density at radius 2 is 1.12 bits per heavy atom. The predicted molar refractivity (Wildman–Crippen MR) is 44.2 cm³/mol. The third-order valence-electron chi connectivity index (χ3n) is 2.02. The van der Waals surface area contributed by atoms with Crippen LogP contribution in [0.4, 0.5) is 35.1 Å². The minimum atomic E-state index is -4.53. The quantitative estimate of drug-likeness (QED) is 0.623. The van der Waals surface area contributed by atoms with E-state index in [1.165, 1.54) is 0 Å². The first-order valence-corrected chi connectivity index (χ1v) is 4.44. The summed E-state index contributed by atoms with van der Waals surface area (Å²) >= 11 is 0. The Morgan fingerprint density at radius 1 is 0.824 bits per heavy atom. The number of hydrogen-bond acceptors (Lipinski definition) is 0. The summed E-state index contributed by atoms with van der Waals surface area (Å²) in [7, 11) is 0.827. The molecule has 17 heavy (non-hydrogen) atoms. The van der Waals surface area contributed by atoms with Crippen molar-refractivity contribution in [2.45, 2.75) is 43.6 Å². The second kappa shape index (κ2) is 5.83. The monoisotopic (exact) mass is 272 g/mol. The van der Waals surface area contributed by atoms with Crippen LogP contribution in [0.25, 0.3) is 5.32 Å². The van der Waals surface area contributed by atoms with Crippen molar-refractivity contribution >= 4 is 0 Å². The van der Waals surface area contributed by atoms with Gasteiger partial charge >= 0.3 is 24.7 Å². The molecule has 0 saturated carbocycles. The molecule has 0 aliphatic heterocycles. The average Bonchev–Trinajstić information content (AvgIpc) is 2.15. The average molecular weight is 272 g/mol. The van der Waals surface area contributed by atoms with Gasteiger partial charge in [0, 0.05) is 12.8 Å². The van der Waals surface area contributed by atoms with Crippen molar-refractivity contribution in [2.75, 3.05) is 7.05 Å². The van der Waals surface area contributed by atoms with Crippen LogP contribution in [0, 0.1) is 0 Å². The maximum atomic E-state index is 12.5. The van der Waals surface area contributed by atoms with Crippen molar-refractivity contribution < 1.29 is 35.1 Å². The minimum absolute atomic E-state index is 0.827. The Kier molecular flexibility index (Phi) is 5.63. The first-order chi connectivity index (χ1) is 7.53. The normalized spacial score (nSPS) is 14.1. The fraction of sp³-hybridized carbons (Fsp3) is 1.00. The highest BCUT2D eigenvalue weighted by atomic mass is 19.3. The van der Waals surface area contributed by atoms with Crippen LogP contribution in [0.1, 0.15) is 12.8 Å². The van der Waals surface area contributed by atoms with E-state index in [0.29, 0.717) is 0 Å². The topological polar surface area (TPSA) is 14.1 Å². The van der Waals surface area contributed by atoms with Crippen LogP contribution >= 0.6 is 0 Å². The van der Waals surface area contributed by atoms with Gasteiger partial charge in [0.2, 0.25) is 0 Å². The number of rotatable bonds is 7. The standard InChI is InChI=1S/C8H10F8N/c1-17-4(2-7(13,14)5(9)10)3-8(15,16)6(11)12/h4-6H,2-3H2,1H3/q-1. The molecule has 0 spiro atoms. The molecule has 104 valence electrons. The molecule has 0 rings (SSSR count). The zero-order chi connectivity index (χ0) is 13.9. The van der Waals surface area contributed by atoms with Crippen molar-refractivity contribution in [3.63, 3.8) is 0 Å². The van der Waals surface area contributed by atoms with Gasteiger partial charge in [-0.2, -0.15) is 7.05 Å². The third-order valence-corrected chi connectivity index (χ3v) is 2.02. The lowest BCUT2D eigenvalue weighted by atomic mass is 10.0. The van der Waals surface area contributed by atoms with Crippen LogP contribution < -0.4 is 0 Å². The van der Waals surface area contributed by atoms with Gasteiger partial charge in [0.05, 0.1) is 0 Å². The molecular formula is C8H10F8N-. The molecule has 0 radical (unpaired) electrons. The largest absolute Gasteiger partial charge is 0.662 e. The highest BCUT2D eigenvalue weighted by molar-refractivity contribution is 4.95. The van der Waals surface area contributed by atoms with Crippen molar-refractivity contribution in [3.05, 3.63) is 5.32 Å². The summed E-state index contributed by atoms with van der Waals surface area (Å²) in [4.78, 5) is 0. The molecule has 9 heteroatoms. The van der Waals surface area contributed by atoms with Crippen molar-refractivity contribution in [3.8, 4) is 0 Å². The Hall–Kier alpha value is -0.600. The van der Waals surface area contributed by atoms with Gasteiger partial charge in [-0.3, -0.25) is 0 Å². The van der Waals surface area contributed by atoms with Crippen LogP contribution in [-0.4, -0.2) is 37.8 Å². The van der Waals surface area contributed by atoms with Crippen LogP contribution in [0.15, 0.2) is 0 Å². The fourth-order valence-electron chi connectivity index (χ4n) is 1.06. The van der Waals surface area contributed by atoms with Crippen molar-refractivity contribution in [1.29, 1.82) is 0 Å². The van der Waals surface area contributed by atoms with Crippen molar-refractivity contribution in [2.24, 2.45) is 0 Å². The van der Waals surface area contributed by atoms with Crippen LogP contribution in [0.5, 0.6) is 0 Å². The van der Waals surface area contributed by atoms with E-state index in [9.17, 15) is 35.1 Å². The molecule has 0 heterocycles. The van der Waals surface area contributed by atoms with E-state index in [1.807, 2.05) is 0 Å². The Morgan fingerprint density at radius 3 is 1.29 bits per heavy atom. The molecule has 0 bridgehead atoms. The number of nitrogens with zero attached hydrogens (tertiary/aromatic N) is 1. The number of hydrogen-bond donors (Lipinski definition) is 0. The van der Waals surface area contributed by atoms with Gasteiger partial charge in [0.25, 0.3) is 0 Å². The second-order valence-corrected chi connectivity index (χ2v) is 3.44. The lowest BCUT2D eigenvalue weighted by molar-refractivity contribution is -0.153. The maximum absolute atomic E-state index is 12.5. The van der Waals surface area contributed by atoms with E-state index in [4.69, 9.17) is 0 Å². The van der Waals surface area contributed by atoms with Gasteiger partial charge in [0.15, 0.2) is 0 Å². The van der Waals surface area contributed by atoms with Gasteiger partial charge in [0.1, 0.15) is 0 Å². The fourth-order valence-corrected chi connectivity index (χ4v) is 1.06. The van der Waals surface area contributed by atoms with E-state index in [0.717, 1.165) is 7.05 Å². The molecule has 0 N–H and O–H groups in total. The number of alkyl halides is 8. The van der Waals surface area contributed by atoms with Gasteiger partial charge in [-0.1, -0.05) is 0 Å². The molecule has 0 aliphatic rings. The summed E-state index contributed by atoms with van der Waals surface area (Å²) < 4.78 is 97.2. The molecule has 1 nitrogen and oxygen atoms in total. The molecule has 0 aromatic heterocycles. The van der Waals surface area contributed by atoms with Crippen molar-refractivity contribution in [1.82, 2.24) is 0 Å². The molecule has 0 saturated heterocycles. The SMILES string of the molecule is C[N-]C(CC(F)(F)C(F)F)CC(F)(F)C(F)F. The zero-order valence-corrected chi connectivity index (χ0v) is 8.62.